The summed E-state index contributed by atoms with van der Waals surface area (Å²) in [7, 11) is 8.73. The molecule has 0 saturated heterocycles. The molecular weight excluding hydrogens is 1040 g/mol. The summed E-state index contributed by atoms with van der Waals surface area (Å²) < 4.78 is 9.25. The van der Waals surface area contributed by atoms with Gasteiger partial charge < -0.3 is 0 Å². The summed E-state index contributed by atoms with van der Waals surface area (Å²) in [6.45, 7) is 46.2. The molecular formula is C82H106N4+4. The number of pyridine rings is 4. The van der Waals surface area contributed by atoms with E-state index in [4.69, 9.17) is 0 Å². The van der Waals surface area contributed by atoms with Crippen LogP contribution in [0.2, 0.25) is 0 Å². The molecule has 4 heterocycles. The summed E-state index contributed by atoms with van der Waals surface area (Å²) in [5.41, 5.74) is 35.8. The van der Waals surface area contributed by atoms with Crippen molar-refractivity contribution in [3.8, 4) is 45.0 Å². The van der Waals surface area contributed by atoms with E-state index in [1.807, 2.05) is 0 Å². The molecule has 0 amide bonds. The highest BCUT2D eigenvalue weighted by molar-refractivity contribution is 5.72. The Kier molecular flexibility index (Phi) is 16.2. The van der Waals surface area contributed by atoms with Crippen LogP contribution in [0.3, 0.4) is 0 Å². The van der Waals surface area contributed by atoms with E-state index in [9.17, 15) is 0 Å². The van der Waals surface area contributed by atoms with Crippen LogP contribution < -0.4 is 18.3 Å². The third-order valence-corrected chi connectivity index (χ3v) is 21.1. The van der Waals surface area contributed by atoms with Gasteiger partial charge in [0.25, 0.3) is 0 Å². The second-order valence-electron chi connectivity index (χ2n) is 31.7. The van der Waals surface area contributed by atoms with Crippen LogP contribution in [-0.2, 0) is 60.7 Å². The standard InChI is InChI=1S/3C21H28N.C19H22N/c1-14-8-9-16(15(2)10-14)19-11-17-18(12-22(19)7)21(5,6)13-20(17,3)4;2*1-14-8-9-16(15(2)12-14)19-18-17(10-11-22(19)7)20(3,4)13-21(18,5)6;1-12-4-7-16(13(2)10-12)19-18-15-6-5-14(11-15)17(18)8-9-20(19)3/h3*8-12H,13H2,1-7H3;4,7-10,14-15H,5-6,11H2,1-3H3/q4*+1. The monoisotopic (exact) mass is 1150 g/mol. The van der Waals surface area contributed by atoms with E-state index < -0.39 is 0 Å². The lowest BCUT2D eigenvalue weighted by molar-refractivity contribution is -0.661. The van der Waals surface area contributed by atoms with Gasteiger partial charge in [-0.05, 0) is 207 Å². The van der Waals surface area contributed by atoms with E-state index in [1.54, 1.807) is 11.1 Å². The van der Waals surface area contributed by atoms with Crippen LogP contribution in [0, 0.1) is 55.4 Å². The van der Waals surface area contributed by atoms with Crippen molar-refractivity contribution in [3.63, 3.8) is 0 Å². The Hall–Kier alpha value is -6.52. The number of fused-ring (bicyclic) bond motifs is 8. The molecule has 2 bridgehead atoms. The van der Waals surface area contributed by atoms with Crippen LogP contribution in [0.15, 0.2) is 122 Å². The quantitative estimate of drug-likeness (QED) is 0.156. The predicted molar refractivity (Wildman–Crippen MR) is 361 cm³/mol. The maximum absolute atomic E-state index is 2.43. The van der Waals surface area contributed by atoms with E-state index >= 15 is 0 Å². The summed E-state index contributed by atoms with van der Waals surface area (Å²) in [4.78, 5) is 0. The molecule has 4 nitrogen and oxygen atoms in total. The first-order chi connectivity index (χ1) is 40.0. The van der Waals surface area contributed by atoms with Gasteiger partial charge in [0.1, 0.15) is 28.2 Å². The van der Waals surface area contributed by atoms with Crippen molar-refractivity contribution in [1.29, 1.82) is 0 Å². The molecule has 8 aromatic rings. The molecule has 4 heteroatoms. The Morgan fingerprint density at radius 3 is 1.12 bits per heavy atom. The molecule has 5 aliphatic carbocycles. The smallest absolute Gasteiger partial charge is 0.201 e. The van der Waals surface area contributed by atoms with Crippen LogP contribution in [0.1, 0.15) is 222 Å². The summed E-state index contributed by atoms with van der Waals surface area (Å²) in [5, 5.41) is 0. The minimum absolute atomic E-state index is 0.213. The molecule has 2 unspecified atom stereocenters. The van der Waals surface area contributed by atoms with E-state index in [0.29, 0.717) is 0 Å². The second-order valence-corrected chi connectivity index (χ2v) is 31.7. The average Bonchev–Trinajstić information content (AvgIpc) is 1.71. The molecule has 450 valence electrons. The highest BCUT2D eigenvalue weighted by Gasteiger charge is 2.49. The fraction of sp³-hybridized carbons (Fsp3) is 0.463. The third kappa shape index (κ3) is 11.4. The molecule has 4 aromatic heterocycles. The van der Waals surface area contributed by atoms with Crippen molar-refractivity contribution in [2.75, 3.05) is 0 Å². The lowest BCUT2D eigenvalue weighted by Gasteiger charge is -2.22. The number of benzene rings is 4. The molecule has 0 aliphatic heterocycles. The molecule has 13 rings (SSSR count). The van der Waals surface area contributed by atoms with Gasteiger partial charge in [0.05, 0.1) is 0 Å². The molecule has 1 saturated carbocycles. The number of hydrogen-bond acceptors (Lipinski definition) is 0. The summed E-state index contributed by atoms with van der Waals surface area (Å²) >= 11 is 0. The Balaban J connectivity index is 0.000000127. The normalized spacial score (nSPS) is 19.4. The van der Waals surface area contributed by atoms with Crippen LogP contribution >= 0.6 is 0 Å². The van der Waals surface area contributed by atoms with Crippen molar-refractivity contribution < 1.29 is 18.3 Å². The number of aryl methyl sites for hydroxylation is 12. The van der Waals surface area contributed by atoms with Crippen molar-refractivity contribution >= 4 is 0 Å². The SMILES string of the molecule is Cc1ccc(-c2c3c(cc[n+]2C)C(C)(C)CC3(C)C)c(C)c1.Cc1ccc(-c2c3c(cc[n+]2C)C(C)(C)CC3(C)C)c(C)c1.Cc1ccc(-c2c3c(cc[n+]2C)C2CCC3C2)c(C)c1.Cc1ccc(-c2cc3c(c[n+]2C)C(C)(C)CC3(C)C)c(C)c1. The summed E-state index contributed by atoms with van der Waals surface area (Å²) in [6, 6.07) is 36.7. The van der Waals surface area contributed by atoms with E-state index in [0.717, 1.165) is 11.8 Å². The summed E-state index contributed by atoms with van der Waals surface area (Å²) in [6.07, 6.45) is 16.9. The van der Waals surface area contributed by atoms with Crippen LogP contribution in [0.4, 0.5) is 0 Å². The minimum Gasteiger partial charge on any atom is -0.201 e. The fourth-order valence-electron chi connectivity index (χ4n) is 18.0. The molecule has 0 N–H and O–H groups in total. The van der Waals surface area contributed by atoms with E-state index in [2.05, 4.69) is 307 Å². The van der Waals surface area contributed by atoms with Crippen LogP contribution in [0.5, 0.6) is 0 Å². The number of rotatable bonds is 4. The van der Waals surface area contributed by atoms with Gasteiger partial charge in [0, 0.05) is 68.8 Å². The minimum atomic E-state index is 0.213. The van der Waals surface area contributed by atoms with Gasteiger partial charge in [0.15, 0.2) is 24.8 Å². The van der Waals surface area contributed by atoms with Gasteiger partial charge in [-0.1, -0.05) is 154 Å². The van der Waals surface area contributed by atoms with Gasteiger partial charge in [-0.3, -0.25) is 0 Å². The lowest BCUT2D eigenvalue weighted by atomic mass is 9.81. The first kappa shape index (κ1) is 62.5. The maximum Gasteiger partial charge on any atom is 0.216 e. The Labute approximate surface area is 520 Å². The van der Waals surface area contributed by atoms with Crippen molar-refractivity contribution in [2.45, 2.75) is 221 Å². The zero-order chi connectivity index (χ0) is 62.7. The lowest BCUT2D eigenvalue weighted by Crippen LogP contribution is -2.34. The Morgan fingerprint density at radius 2 is 0.686 bits per heavy atom. The molecule has 0 radical (unpaired) electrons. The van der Waals surface area contributed by atoms with Crippen LogP contribution in [-0.4, -0.2) is 0 Å². The van der Waals surface area contributed by atoms with Crippen molar-refractivity contribution in [2.24, 2.45) is 28.2 Å². The third-order valence-electron chi connectivity index (χ3n) is 21.1. The largest absolute Gasteiger partial charge is 0.216 e. The second kappa shape index (κ2) is 22.3. The van der Waals surface area contributed by atoms with Gasteiger partial charge >= 0.3 is 0 Å². The first-order valence-corrected chi connectivity index (χ1v) is 32.5. The van der Waals surface area contributed by atoms with Crippen molar-refractivity contribution in [1.82, 2.24) is 0 Å². The first-order valence-electron chi connectivity index (χ1n) is 32.5. The molecule has 5 aliphatic rings. The van der Waals surface area contributed by atoms with Crippen molar-refractivity contribution in [3.05, 3.63) is 211 Å². The number of aromatic nitrogens is 4. The van der Waals surface area contributed by atoms with Gasteiger partial charge in [-0.15, -0.1) is 0 Å². The number of hydrogen-bond donors (Lipinski definition) is 0. The van der Waals surface area contributed by atoms with Gasteiger partial charge in [-0.2, -0.15) is 0 Å². The average molecular weight is 1150 g/mol. The molecule has 2 atom stereocenters. The predicted octanol–water partition coefficient (Wildman–Crippen LogP) is 18.4. The molecule has 86 heavy (non-hydrogen) atoms. The van der Waals surface area contributed by atoms with Gasteiger partial charge in [0.2, 0.25) is 22.8 Å². The van der Waals surface area contributed by atoms with E-state index in [-0.39, 0.29) is 32.5 Å². The van der Waals surface area contributed by atoms with Crippen LogP contribution in [0.25, 0.3) is 45.0 Å². The highest BCUT2D eigenvalue weighted by atomic mass is 14.9. The Morgan fingerprint density at radius 1 is 0.337 bits per heavy atom. The molecule has 0 spiro atoms. The molecule has 4 aromatic carbocycles. The van der Waals surface area contributed by atoms with E-state index in [1.165, 1.54) is 161 Å². The Bertz CT molecular complexity index is 3840. The maximum atomic E-state index is 2.43. The van der Waals surface area contributed by atoms with Gasteiger partial charge in [-0.25, -0.2) is 18.3 Å². The fourth-order valence-corrected chi connectivity index (χ4v) is 18.0. The highest BCUT2D eigenvalue weighted by Crippen LogP contribution is 2.56. The summed E-state index contributed by atoms with van der Waals surface area (Å²) in [5.74, 6) is 1.64. The zero-order valence-corrected chi connectivity index (χ0v) is 57.7. The number of nitrogens with zero attached hydrogens (tertiary/aromatic N) is 4. The topological polar surface area (TPSA) is 15.5 Å². The molecule has 1 fully saturated rings. The zero-order valence-electron chi connectivity index (χ0n) is 57.7.